The maximum atomic E-state index is 12.8. The Bertz CT molecular complexity index is 1300. The van der Waals surface area contributed by atoms with Crippen LogP contribution in [0.4, 0.5) is 0 Å². The first kappa shape index (κ1) is 18.5. The molecule has 0 saturated carbocycles. The van der Waals surface area contributed by atoms with Gasteiger partial charge in [0.15, 0.2) is 5.69 Å². The van der Waals surface area contributed by atoms with E-state index >= 15 is 0 Å². The lowest BCUT2D eigenvalue weighted by molar-refractivity contribution is 0.0946. The number of nitrogens with one attached hydrogen (secondary N) is 1. The van der Waals surface area contributed by atoms with E-state index in [2.05, 4.69) is 25.3 Å². The van der Waals surface area contributed by atoms with Gasteiger partial charge in [0.25, 0.3) is 5.91 Å². The molecule has 0 bridgehead atoms. The summed E-state index contributed by atoms with van der Waals surface area (Å²) in [5.41, 5.74) is 3.49. The number of rotatable bonds is 5. The fraction of sp³-hybridized carbons (Fsp3) is 0.0455. The van der Waals surface area contributed by atoms with Gasteiger partial charge in [0.2, 0.25) is 0 Å². The van der Waals surface area contributed by atoms with Crippen molar-refractivity contribution in [3.63, 3.8) is 0 Å². The first-order chi connectivity index (χ1) is 14.8. The number of amides is 1. The molecule has 2 aromatic carbocycles. The lowest BCUT2D eigenvalue weighted by Gasteiger charge is -2.05. The summed E-state index contributed by atoms with van der Waals surface area (Å²) < 4.78 is 1.04. The van der Waals surface area contributed by atoms with E-state index in [-0.39, 0.29) is 11.6 Å². The number of hydrogen-bond acceptors (Lipinski definition) is 7. The summed E-state index contributed by atoms with van der Waals surface area (Å²) in [5, 5.41) is 6.46. The van der Waals surface area contributed by atoms with Crippen LogP contribution in [-0.2, 0) is 6.54 Å². The molecule has 5 aromatic rings. The van der Waals surface area contributed by atoms with Crippen molar-refractivity contribution < 1.29 is 4.79 Å². The lowest BCUT2D eigenvalue weighted by atomic mass is 10.2. The van der Waals surface area contributed by atoms with E-state index in [1.165, 1.54) is 17.5 Å². The van der Waals surface area contributed by atoms with Gasteiger partial charge in [-0.3, -0.25) is 4.79 Å². The Hall–Kier alpha value is -3.49. The van der Waals surface area contributed by atoms with Gasteiger partial charge in [-0.1, -0.05) is 42.5 Å². The average molecular weight is 430 g/mol. The number of hydrogen-bond donors (Lipinski definition) is 1. The van der Waals surface area contributed by atoms with E-state index in [4.69, 9.17) is 0 Å². The number of fused-ring (bicyclic) bond motifs is 1. The average Bonchev–Trinajstić information content (AvgIpc) is 3.45. The smallest absolute Gasteiger partial charge is 0.272 e. The van der Waals surface area contributed by atoms with Crippen molar-refractivity contribution in [2.45, 2.75) is 6.54 Å². The molecule has 8 heteroatoms. The maximum Gasteiger partial charge on any atom is 0.272 e. The van der Waals surface area contributed by atoms with Crippen molar-refractivity contribution >= 4 is 38.8 Å². The molecule has 1 N–H and O–H groups in total. The van der Waals surface area contributed by atoms with Crippen molar-refractivity contribution in [2.75, 3.05) is 0 Å². The van der Waals surface area contributed by atoms with Crippen LogP contribution < -0.4 is 5.32 Å². The Balaban J connectivity index is 1.35. The van der Waals surface area contributed by atoms with Crippen molar-refractivity contribution in [2.24, 2.45) is 0 Å². The second-order valence-electron chi connectivity index (χ2n) is 6.43. The van der Waals surface area contributed by atoms with Gasteiger partial charge in [0.1, 0.15) is 15.7 Å². The van der Waals surface area contributed by atoms with Crippen LogP contribution in [0.5, 0.6) is 0 Å². The molecule has 5 rings (SSSR count). The maximum absolute atomic E-state index is 12.8. The second-order valence-corrected chi connectivity index (χ2v) is 8.32. The molecular weight excluding hydrogens is 414 g/mol. The fourth-order valence-corrected chi connectivity index (χ4v) is 4.78. The van der Waals surface area contributed by atoms with Crippen LogP contribution in [-0.4, -0.2) is 25.8 Å². The Labute approximate surface area is 180 Å². The normalized spacial score (nSPS) is 10.9. The van der Waals surface area contributed by atoms with Gasteiger partial charge >= 0.3 is 0 Å². The Morgan fingerprint density at radius 1 is 0.900 bits per heavy atom. The molecule has 0 aliphatic carbocycles. The van der Waals surface area contributed by atoms with Crippen molar-refractivity contribution in [1.29, 1.82) is 0 Å². The molecule has 30 heavy (non-hydrogen) atoms. The molecule has 0 saturated heterocycles. The predicted octanol–water partition coefficient (Wildman–Crippen LogP) is 4.81. The highest BCUT2D eigenvalue weighted by Gasteiger charge is 2.19. The van der Waals surface area contributed by atoms with Gasteiger partial charge < -0.3 is 5.32 Å². The minimum atomic E-state index is -0.299. The predicted molar refractivity (Wildman–Crippen MR) is 119 cm³/mol. The van der Waals surface area contributed by atoms with Gasteiger partial charge in [-0.2, -0.15) is 0 Å². The first-order valence-electron chi connectivity index (χ1n) is 9.23. The lowest BCUT2D eigenvalue weighted by Crippen LogP contribution is -2.25. The summed E-state index contributed by atoms with van der Waals surface area (Å²) >= 11 is 3.05. The highest BCUT2D eigenvalue weighted by atomic mass is 32.1. The van der Waals surface area contributed by atoms with E-state index in [1.54, 1.807) is 17.5 Å². The summed E-state index contributed by atoms with van der Waals surface area (Å²) in [4.78, 5) is 30.7. The molecule has 146 valence electrons. The van der Waals surface area contributed by atoms with Crippen LogP contribution in [0.2, 0.25) is 0 Å². The molecule has 0 fully saturated rings. The summed E-state index contributed by atoms with van der Waals surface area (Å²) in [6.45, 7) is 0.317. The fourth-order valence-electron chi connectivity index (χ4n) is 2.99. The molecule has 0 spiro atoms. The standard InChI is InChI=1S/C22H15N5OS2/c28-20(25-12-15-13-29-21(26-15)14-6-2-1-3-7-14)18-19(24-11-10-23-18)22-27-16-8-4-5-9-17(16)30-22/h1-11,13H,12H2,(H,25,28). The largest absolute Gasteiger partial charge is 0.345 e. The minimum Gasteiger partial charge on any atom is -0.345 e. The molecule has 0 aliphatic heterocycles. The van der Waals surface area contributed by atoms with E-state index in [1.807, 2.05) is 60.0 Å². The highest BCUT2D eigenvalue weighted by molar-refractivity contribution is 7.21. The first-order valence-corrected chi connectivity index (χ1v) is 10.9. The van der Waals surface area contributed by atoms with Gasteiger partial charge in [0, 0.05) is 23.3 Å². The third-order valence-electron chi connectivity index (χ3n) is 4.41. The van der Waals surface area contributed by atoms with Crippen LogP contribution in [0, 0.1) is 0 Å². The summed E-state index contributed by atoms with van der Waals surface area (Å²) in [6, 6.07) is 17.8. The van der Waals surface area contributed by atoms with Crippen LogP contribution in [0.25, 0.3) is 31.5 Å². The number of benzene rings is 2. The number of carbonyl (C=O) groups excluding carboxylic acids is 1. The number of carbonyl (C=O) groups is 1. The van der Waals surface area contributed by atoms with Gasteiger partial charge in [-0.05, 0) is 12.1 Å². The zero-order valence-electron chi connectivity index (χ0n) is 15.6. The topological polar surface area (TPSA) is 80.7 Å². The van der Waals surface area contributed by atoms with E-state index < -0.39 is 0 Å². The van der Waals surface area contributed by atoms with Gasteiger partial charge in [0.05, 0.1) is 22.5 Å². The summed E-state index contributed by atoms with van der Waals surface area (Å²) in [6.07, 6.45) is 3.09. The zero-order valence-corrected chi connectivity index (χ0v) is 17.3. The highest BCUT2D eigenvalue weighted by Crippen LogP contribution is 2.30. The Morgan fingerprint density at radius 2 is 1.70 bits per heavy atom. The molecule has 3 aromatic heterocycles. The van der Waals surface area contributed by atoms with Gasteiger partial charge in [-0.15, -0.1) is 22.7 Å². The summed E-state index contributed by atoms with van der Waals surface area (Å²) in [5.74, 6) is -0.299. The number of nitrogens with zero attached hydrogens (tertiary/aromatic N) is 4. The van der Waals surface area contributed by atoms with E-state index in [0.717, 1.165) is 26.5 Å². The Kier molecular flexibility index (Phi) is 5.00. The molecule has 6 nitrogen and oxygen atoms in total. The van der Waals surface area contributed by atoms with Crippen LogP contribution in [0.1, 0.15) is 16.2 Å². The number of para-hydroxylation sites is 1. The van der Waals surface area contributed by atoms with Crippen molar-refractivity contribution in [1.82, 2.24) is 25.3 Å². The zero-order chi connectivity index (χ0) is 20.3. The quantitative estimate of drug-likeness (QED) is 0.434. The van der Waals surface area contributed by atoms with Crippen LogP contribution >= 0.6 is 22.7 Å². The van der Waals surface area contributed by atoms with Gasteiger partial charge in [-0.25, -0.2) is 19.9 Å². The molecular formula is C22H15N5OS2. The van der Waals surface area contributed by atoms with Crippen molar-refractivity contribution in [3.8, 4) is 21.3 Å². The monoisotopic (exact) mass is 429 g/mol. The van der Waals surface area contributed by atoms with E-state index in [9.17, 15) is 4.79 Å². The minimum absolute atomic E-state index is 0.259. The SMILES string of the molecule is O=C(NCc1csc(-c2ccccc2)n1)c1nccnc1-c1nc2ccccc2s1. The van der Waals surface area contributed by atoms with E-state index in [0.29, 0.717) is 17.2 Å². The molecule has 3 heterocycles. The van der Waals surface area contributed by atoms with Crippen molar-refractivity contribution in [3.05, 3.63) is 83.8 Å². The molecule has 0 radical (unpaired) electrons. The molecule has 1 amide bonds. The van der Waals surface area contributed by atoms with Crippen LogP contribution in [0.15, 0.2) is 72.4 Å². The second kappa shape index (κ2) is 8.10. The van der Waals surface area contributed by atoms with Crippen LogP contribution in [0.3, 0.4) is 0 Å². The number of aromatic nitrogens is 4. The third-order valence-corrected chi connectivity index (χ3v) is 6.40. The molecule has 0 atom stereocenters. The molecule has 0 aliphatic rings. The third kappa shape index (κ3) is 3.70. The Morgan fingerprint density at radius 3 is 2.57 bits per heavy atom. The molecule has 0 unspecified atom stereocenters. The number of thiazole rings is 2. The summed E-state index contributed by atoms with van der Waals surface area (Å²) in [7, 11) is 0.